The van der Waals surface area contributed by atoms with Crippen LogP contribution in [0.25, 0.3) is 24.3 Å². The van der Waals surface area contributed by atoms with Crippen LogP contribution in [-0.4, -0.2) is 80.5 Å². The van der Waals surface area contributed by atoms with Gasteiger partial charge in [0.1, 0.15) is 17.5 Å². The molecule has 0 saturated heterocycles. The lowest BCUT2D eigenvalue weighted by molar-refractivity contribution is -0.118. The van der Waals surface area contributed by atoms with Gasteiger partial charge in [-0.15, -0.1) is 0 Å². The van der Waals surface area contributed by atoms with Gasteiger partial charge in [0, 0.05) is 0 Å². The van der Waals surface area contributed by atoms with E-state index in [9.17, 15) is 4.79 Å². The Morgan fingerprint density at radius 1 is 0.577 bits per heavy atom. The molecule has 13 heteroatoms. The van der Waals surface area contributed by atoms with Crippen molar-refractivity contribution >= 4 is 41.6 Å². The number of aliphatic hydroxyl groups is 1. The number of nitrogens with one attached hydrogen (secondary N) is 1. The summed E-state index contributed by atoms with van der Waals surface area (Å²) in [6.07, 6.45) is 7.64. The second-order valence-corrected chi connectivity index (χ2v) is 10.8. The zero-order valence-electron chi connectivity index (χ0n) is 30.6. The summed E-state index contributed by atoms with van der Waals surface area (Å²) in [5.41, 5.74) is 16.1. The molecule has 1 amide bonds. The third-order valence-corrected chi connectivity index (χ3v) is 7.58. The molecule has 4 aromatic carbocycles. The van der Waals surface area contributed by atoms with Crippen LogP contribution in [0.3, 0.4) is 0 Å². The molecule has 0 aliphatic rings. The van der Waals surface area contributed by atoms with Crippen LogP contribution in [0, 0.1) is 0 Å². The van der Waals surface area contributed by atoms with Gasteiger partial charge in [-0.05, 0) is 70.8 Å². The smallest absolute Gasteiger partial charge is 0.243 e. The number of aliphatic hydroxyl groups excluding tert-OH is 1. The summed E-state index contributed by atoms with van der Waals surface area (Å²) >= 11 is 0. The van der Waals surface area contributed by atoms with E-state index in [0.717, 1.165) is 22.3 Å². The molecule has 0 heterocycles. The van der Waals surface area contributed by atoms with Gasteiger partial charge in [0.05, 0.1) is 74.9 Å². The number of benzene rings is 4. The summed E-state index contributed by atoms with van der Waals surface area (Å²) in [4.78, 5) is 12.0. The average molecular weight is 718 g/mol. The molecule has 52 heavy (non-hydrogen) atoms. The van der Waals surface area contributed by atoms with Crippen molar-refractivity contribution in [3.63, 3.8) is 0 Å². The summed E-state index contributed by atoms with van der Waals surface area (Å²) in [5.74, 6) is 4.04. The molecule has 0 radical (unpaired) electrons. The van der Waals surface area contributed by atoms with Crippen molar-refractivity contribution in [2.75, 3.05) is 74.5 Å². The van der Waals surface area contributed by atoms with Gasteiger partial charge in [-0.1, -0.05) is 36.4 Å². The third kappa shape index (κ3) is 10.5. The molecule has 0 unspecified atom stereocenters. The van der Waals surface area contributed by atoms with Gasteiger partial charge in [0.15, 0.2) is 23.0 Å². The van der Waals surface area contributed by atoms with Crippen LogP contribution in [0.2, 0.25) is 0 Å². The van der Waals surface area contributed by atoms with E-state index in [0.29, 0.717) is 57.4 Å². The lowest BCUT2D eigenvalue weighted by Crippen LogP contribution is -2.38. The van der Waals surface area contributed by atoms with Crippen molar-refractivity contribution in [2.45, 2.75) is 6.04 Å². The van der Waals surface area contributed by atoms with Gasteiger partial charge in [-0.25, -0.2) is 0 Å². The number of nitrogens with two attached hydrogens (primary N) is 2. The minimum absolute atomic E-state index is 0.450. The molecule has 4 rings (SSSR count). The van der Waals surface area contributed by atoms with E-state index in [1.165, 1.54) is 7.11 Å². The second kappa shape index (κ2) is 20.0. The highest BCUT2D eigenvalue weighted by Gasteiger charge is 2.16. The number of nitrogen functional groups attached to an aromatic ring is 1. The largest absolute Gasteiger partial charge is 0.495 e. The first-order valence-electron chi connectivity index (χ1n) is 15.8. The maximum absolute atomic E-state index is 12.0. The molecular weight excluding hydrogens is 670 g/mol. The second-order valence-electron chi connectivity index (χ2n) is 10.8. The Balaban J connectivity index is 0.000000288. The maximum atomic E-state index is 12.0. The Labute approximate surface area is 304 Å². The van der Waals surface area contributed by atoms with Crippen molar-refractivity contribution < 1.29 is 47.8 Å². The Bertz CT molecular complexity index is 1810. The molecular formula is C39H47N3O10. The van der Waals surface area contributed by atoms with Crippen molar-refractivity contribution in [3.05, 3.63) is 82.9 Å². The van der Waals surface area contributed by atoms with Crippen LogP contribution in [0.15, 0.2) is 60.7 Å². The fourth-order valence-corrected chi connectivity index (χ4v) is 4.87. The first-order valence-corrected chi connectivity index (χ1v) is 15.8. The van der Waals surface area contributed by atoms with Gasteiger partial charge in [0.25, 0.3) is 0 Å². The summed E-state index contributed by atoms with van der Waals surface area (Å²) in [7, 11) is 12.5. The van der Waals surface area contributed by atoms with Crippen molar-refractivity contribution in [1.82, 2.24) is 0 Å². The van der Waals surface area contributed by atoms with E-state index in [1.807, 2.05) is 72.8 Å². The van der Waals surface area contributed by atoms with E-state index >= 15 is 0 Å². The van der Waals surface area contributed by atoms with Crippen LogP contribution in [0.5, 0.6) is 46.0 Å². The quantitative estimate of drug-likeness (QED) is 0.0884. The van der Waals surface area contributed by atoms with Crippen LogP contribution in [-0.2, 0) is 4.79 Å². The lowest BCUT2D eigenvalue weighted by atomic mass is 10.1. The summed E-state index contributed by atoms with van der Waals surface area (Å²) in [6.45, 7) is -0.450. The van der Waals surface area contributed by atoms with E-state index in [-0.39, 0.29) is 0 Å². The normalized spacial score (nSPS) is 11.3. The van der Waals surface area contributed by atoms with E-state index in [1.54, 1.807) is 61.9 Å². The molecule has 0 bridgehead atoms. The fraction of sp³-hybridized carbons (Fsp3) is 0.256. The number of rotatable bonds is 15. The summed E-state index contributed by atoms with van der Waals surface area (Å²) in [5, 5.41) is 11.7. The first kappa shape index (κ1) is 40.4. The number of anilines is 2. The van der Waals surface area contributed by atoms with Crippen molar-refractivity contribution in [3.8, 4) is 46.0 Å². The van der Waals surface area contributed by atoms with Crippen LogP contribution < -0.4 is 54.7 Å². The molecule has 0 fully saturated rings. The number of methoxy groups -OCH3 is 8. The van der Waals surface area contributed by atoms with E-state index in [2.05, 4.69) is 5.32 Å². The zero-order valence-corrected chi connectivity index (χ0v) is 30.6. The highest BCUT2D eigenvalue weighted by molar-refractivity contribution is 5.96. The van der Waals surface area contributed by atoms with E-state index in [4.69, 9.17) is 54.5 Å². The molecule has 278 valence electrons. The maximum Gasteiger partial charge on any atom is 0.243 e. The predicted molar refractivity (Wildman–Crippen MR) is 204 cm³/mol. The number of carbonyl (C=O) groups is 1. The minimum Gasteiger partial charge on any atom is -0.495 e. The number of ether oxygens (including phenoxy) is 8. The molecule has 1 atom stereocenters. The molecule has 4 aromatic rings. The first-order chi connectivity index (χ1) is 25.1. The lowest BCUT2D eigenvalue weighted by Gasteiger charge is -2.14. The van der Waals surface area contributed by atoms with Crippen LogP contribution >= 0.6 is 0 Å². The molecule has 13 nitrogen and oxygen atoms in total. The molecule has 6 N–H and O–H groups in total. The Hall–Kier alpha value is -6.05. The summed E-state index contributed by atoms with van der Waals surface area (Å²) < 4.78 is 42.5. The highest BCUT2D eigenvalue weighted by Crippen LogP contribution is 2.40. The number of hydrogen-bond donors (Lipinski definition) is 4. The van der Waals surface area contributed by atoms with Crippen molar-refractivity contribution in [2.24, 2.45) is 5.73 Å². The zero-order chi connectivity index (χ0) is 38.2. The Morgan fingerprint density at radius 3 is 1.33 bits per heavy atom. The molecule has 0 saturated carbocycles. The third-order valence-electron chi connectivity index (χ3n) is 7.58. The number of carbonyl (C=O) groups excluding carboxylic acids is 1. The Kier molecular flexibility index (Phi) is 15.5. The number of hydrogen-bond acceptors (Lipinski definition) is 12. The minimum atomic E-state index is -1.02. The topological polar surface area (TPSA) is 175 Å². The SMILES string of the molecule is COc1ccc(/C=C\c2cc(OC)c(OC)c(OC)c2)cc1N.COc1ccc(/C=C\c2cc(OC)c(OC)c(OC)c2)cc1NC(=O)[C@@H](N)CO. The van der Waals surface area contributed by atoms with Crippen LogP contribution in [0.4, 0.5) is 11.4 Å². The van der Waals surface area contributed by atoms with Gasteiger partial charge in [-0.2, -0.15) is 0 Å². The Morgan fingerprint density at radius 2 is 0.962 bits per heavy atom. The molecule has 0 spiro atoms. The molecule has 0 aliphatic heterocycles. The monoisotopic (exact) mass is 717 g/mol. The summed E-state index contributed by atoms with van der Waals surface area (Å²) in [6, 6.07) is 17.3. The van der Waals surface area contributed by atoms with Gasteiger partial charge < -0.3 is 59.8 Å². The van der Waals surface area contributed by atoms with E-state index < -0.39 is 18.6 Å². The number of amides is 1. The van der Waals surface area contributed by atoms with Gasteiger partial charge in [-0.3, -0.25) is 4.79 Å². The van der Waals surface area contributed by atoms with Crippen molar-refractivity contribution in [1.29, 1.82) is 0 Å². The predicted octanol–water partition coefficient (Wildman–Crippen LogP) is 5.62. The fourth-order valence-electron chi connectivity index (χ4n) is 4.87. The van der Waals surface area contributed by atoms with Gasteiger partial charge >= 0.3 is 0 Å². The molecule has 0 aromatic heterocycles. The van der Waals surface area contributed by atoms with Gasteiger partial charge in [0.2, 0.25) is 17.4 Å². The molecule has 0 aliphatic carbocycles. The van der Waals surface area contributed by atoms with Crippen LogP contribution in [0.1, 0.15) is 22.3 Å². The average Bonchev–Trinajstić information content (AvgIpc) is 3.18. The standard InChI is InChI=1S/C21H26N2O6.C18H21NO4/c1-26-17-8-7-13(9-16(17)23-21(25)15(22)12-24)5-6-14-10-18(27-2)20(29-4)19(11-14)28-3;1-20-15-8-7-12(9-14(15)19)5-6-13-10-16(21-2)18(23-4)17(11-13)22-3/h5-11,15,24H,12,22H2,1-4H3,(H,23,25);5-11H,19H2,1-4H3/b2*6-5-/t15-;/m0./s1. The highest BCUT2D eigenvalue weighted by atomic mass is 16.5.